The Labute approximate surface area is 98.5 Å². The maximum absolute atomic E-state index is 6.21. The lowest BCUT2D eigenvalue weighted by Gasteiger charge is -2.04. The molecule has 0 aromatic heterocycles. The monoisotopic (exact) mass is 234 g/mol. The summed E-state index contributed by atoms with van der Waals surface area (Å²) in [5.41, 5.74) is 4.80. The van der Waals surface area contributed by atoms with Crippen molar-refractivity contribution in [2.24, 2.45) is 0 Å². The predicted molar refractivity (Wildman–Crippen MR) is 64.7 cm³/mol. The molecule has 74 valence electrons. The summed E-state index contributed by atoms with van der Waals surface area (Å²) in [7, 11) is 0. The lowest BCUT2D eigenvalue weighted by atomic mass is 10.1. The summed E-state index contributed by atoms with van der Waals surface area (Å²) in [6.07, 6.45) is 0.894. The zero-order chi connectivity index (χ0) is 10.4. The van der Waals surface area contributed by atoms with Crippen molar-refractivity contribution in [3.05, 3.63) is 57.6 Å². The third-order valence-corrected chi connectivity index (χ3v) is 3.53. The molecule has 0 N–H and O–H groups in total. The van der Waals surface area contributed by atoms with Gasteiger partial charge in [0.05, 0.1) is 0 Å². The second kappa shape index (κ2) is 3.26. The number of rotatable bonds is 0. The molecule has 2 aromatic rings. The van der Waals surface area contributed by atoms with Crippen LogP contribution in [0.3, 0.4) is 0 Å². The molecule has 1 aliphatic carbocycles. The van der Waals surface area contributed by atoms with Crippen molar-refractivity contribution in [1.82, 2.24) is 0 Å². The first kappa shape index (κ1) is 9.26. The Balaban J connectivity index is 2.37. The van der Waals surface area contributed by atoms with Crippen LogP contribution in [0.1, 0.15) is 11.1 Å². The largest absolute Gasteiger partial charge is 0.0840 e. The van der Waals surface area contributed by atoms with Crippen molar-refractivity contribution in [3.8, 4) is 11.1 Å². The van der Waals surface area contributed by atoms with Gasteiger partial charge in [0.25, 0.3) is 0 Å². The third kappa shape index (κ3) is 1.29. The molecule has 0 unspecified atom stereocenters. The van der Waals surface area contributed by atoms with Crippen molar-refractivity contribution in [1.29, 1.82) is 0 Å². The second-order valence-electron chi connectivity index (χ2n) is 3.72. The maximum atomic E-state index is 6.21. The molecular formula is C13H8Cl2. The molecule has 2 heteroatoms. The van der Waals surface area contributed by atoms with E-state index >= 15 is 0 Å². The highest BCUT2D eigenvalue weighted by Gasteiger charge is 2.22. The van der Waals surface area contributed by atoms with Gasteiger partial charge in [-0.25, -0.2) is 0 Å². The molecule has 0 saturated carbocycles. The van der Waals surface area contributed by atoms with Crippen molar-refractivity contribution < 1.29 is 0 Å². The van der Waals surface area contributed by atoms with E-state index < -0.39 is 0 Å². The first-order valence-electron chi connectivity index (χ1n) is 4.82. The number of fused-ring (bicyclic) bond motifs is 3. The highest BCUT2D eigenvalue weighted by molar-refractivity contribution is 6.36. The van der Waals surface area contributed by atoms with Gasteiger partial charge in [-0.05, 0) is 28.8 Å². The van der Waals surface area contributed by atoms with Gasteiger partial charge in [-0.2, -0.15) is 0 Å². The van der Waals surface area contributed by atoms with Gasteiger partial charge in [-0.15, -0.1) is 0 Å². The first-order chi connectivity index (χ1) is 7.27. The molecule has 0 heterocycles. The molecule has 0 amide bonds. The third-order valence-electron chi connectivity index (χ3n) is 2.86. The minimum absolute atomic E-state index is 0.791. The van der Waals surface area contributed by atoms with E-state index in [0.717, 1.165) is 27.6 Å². The van der Waals surface area contributed by atoms with Crippen LogP contribution in [0.2, 0.25) is 10.0 Å². The molecule has 0 fully saturated rings. The Hall–Kier alpha value is -0.980. The Morgan fingerprint density at radius 2 is 1.60 bits per heavy atom. The van der Waals surface area contributed by atoms with E-state index in [2.05, 4.69) is 12.1 Å². The highest BCUT2D eigenvalue weighted by atomic mass is 35.5. The van der Waals surface area contributed by atoms with E-state index in [4.69, 9.17) is 23.2 Å². The summed E-state index contributed by atoms with van der Waals surface area (Å²) in [6, 6.07) is 12.0. The normalized spacial score (nSPS) is 12.4. The molecule has 0 saturated heterocycles. The lowest BCUT2D eigenvalue weighted by molar-refractivity contribution is 1.26. The van der Waals surface area contributed by atoms with E-state index in [1.807, 2.05) is 24.3 Å². The van der Waals surface area contributed by atoms with Gasteiger partial charge < -0.3 is 0 Å². The smallest absolute Gasteiger partial charge is 0.0488 e. The Kier molecular flexibility index (Phi) is 2.01. The standard InChI is InChI=1S/C13H8Cl2/c14-11-5-6-12(15)13-9-4-2-1-3-8(9)7-10(11)13/h1-6H,7H2. The lowest BCUT2D eigenvalue weighted by Crippen LogP contribution is -1.82. The molecule has 1 aliphatic rings. The first-order valence-corrected chi connectivity index (χ1v) is 5.58. The van der Waals surface area contributed by atoms with Crippen molar-refractivity contribution in [3.63, 3.8) is 0 Å². The van der Waals surface area contributed by atoms with Crippen molar-refractivity contribution in [2.75, 3.05) is 0 Å². The van der Waals surface area contributed by atoms with Crippen LogP contribution < -0.4 is 0 Å². The summed E-state index contributed by atoms with van der Waals surface area (Å²) < 4.78 is 0. The molecule has 0 bridgehead atoms. The van der Waals surface area contributed by atoms with E-state index in [-0.39, 0.29) is 0 Å². The van der Waals surface area contributed by atoms with Crippen LogP contribution in [0.15, 0.2) is 36.4 Å². The van der Waals surface area contributed by atoms with Crippen LogP contribution in [-0.2, 0) is 6.42 Å². The van der Waals surface area contributed by atoms with E-state index in [0.29, 0.717) is 0 Å². The van der Waals surface area contributed by atoms with E-state index in [1.165, 1.54) is 11.1 Å². The zero-order valence-corrected chi connectivity index (χ0v) is 9.44. The van der Waals surface area contributed by atoms with Crippen molar-refractivity contribution in [2.45, 2.75) is 6.42 Å². The Morgan fingerprint density at radius 3 is 2.47 bits per heavy atom. The minimum Gasteiger partial charge on any atom is -0.0840 e. The molecule has 3 rings (SSSR count). The minimum atomic E-state index is 0.791. The fourth-order valence-electron chi connectivity index (χ4n) is 2.17. The predicted octanol–water partition coefficient (Wildman–Crippen LogP) is 4.56. The van der Waals surface area contributed by atoms with Gasteiger partial charge in [-0.1, -0.05) is 47.5 Å². The van der Waals surface area contributed by atoms with Crippen LogP contribution in [0.4, 0.5) is 0 Å². The summed E-state index contributed by atoms with van der Waals surface area (Å²) in [4.78, 5) is 0. The van der Waals surface area contributed by atoms with Crippen LogP contribution in [0.25, 0.3) is 11.1 Å². The number of hydrogen-bond acceptors (Lipinski definition) is 0. The number of halogens is 2. The van der Waals surface area contributed by atoms with Crippen LogP contribution in [0, 0.1) is 0 Å². The molecule has 0 atom stereocenters. The fourth-order valence-corrected chi connectivity index (χ4v) is 2.67. The topological polar surface area (TPSA) is 0 Å². The average Bonchev–Trinajstić information content (AvgIpc) is 2.64. The fraction of sp³-hybridized carbons (Fsp3) is 0.0769. The van der Waals surface area contributed by atoms with Crippen molar-refractivity contribution >= 4 is 23.2 Å². The van der Waals surface area contributed by atoms with Gasteiger partial charge in [0.2, 0.25) is 0 Å². The van der Waals surface area contributed by atoms with Gasteiger partial charge in [0, 0.05) is 22.0 Å². The molecular weight excluding hydrogens is 227 g/mol. The molecule has 15 heavy (non-hydrogen) atoms. The molecule has 2 aromatic carbocycles. The highest BCUT2D eigenvalue weighted by Crippen LogP contribution is 2.43. The molecule has 0 spiro atoms. The summed E-state index contributed by atoms with van der Waals surface area (Å²) in [5, 5.41) is 1.60. The van der Waals surface area contributed by atoms with Gasteiger partial charge in [0.15, 0.2) is 0 Å². The summed E-state index contributed by atoms with van der Waals surface area (Å²) in [6.45, 7) is 0. The van der Waals surface area contributed by atoms with Gasteiger partial charge in [-0.3, -0.25) is 0 Å². The van der Waals surface area contributed by atoms with Gasteiger partial charge in [0.1, 0.15) is 0 Å². The van der Waals surface area contributed by atoms with E-state index in [9.17, 15) is 0 Å². The quantitative estimate of drug-likeness (QED) is 0.535. The SMILES string of the molecule is Clc1ccc(Cl)c2c1Cc1ccccc1-2. The molecule has 0 nitrogen and oxygen atoms in total. The summed E-state index contributed by atoms with van der Waals surface area (Å²) >= 11 is 12.4. The Bertz CT molecular complexity index is 544. The molecule has 0 aliphatic heterocycles. The van der Waals surface area contributed by atoms with E-state index in [1.54, 1.807) is 0 Å². The molecule has 0 radical (unpaired) electrons. The maximum Gasteiger partial charge on any atom is 0.0488 e. The average molecular weight is 235 g/mol. The van der Waals surface area contributed by atoms with Gasteiger partial charge >= 0.3 is 0 Å². The number of benzene rings is 2. The number of hydrogen-bond donors (Lipinski definition) is 0. The van der Waals surface area contributed by atoms with Crippen LogP contribution >= 0.6 is 23.2 Å². The zero-order valence-electron chi connectivity index (χ0n) is 7.93. The summed E-state index contributed by atoms with van der Waals surface area (Å²) in [5.74, 6) is 0. The second-order valence-corrected chi connectivity index (χ2v) is 4.53. The van der Waals surface area contributed by atoms with Crippen LogP contribution in [0.5, 0.6) is 0 Å². The van der Waals surface area contributed by atoms with Crippen LogP contribution in [-0.4, -0.2) is 0 Å². The Morgan fingerprint density at radius 1 is 0.867 bits per heavy atom.